The zero-order valence-electron chi connectivity index (χ0n) is 9.27. The second-order valence-corrected chi connectivity index (χ2v) is 5.50. The van der Waals surface area contributed by atoms with E-state index in [0.29, 0.717) is 5.92 Å². The van der Waals surface area contributed by atoms with Crippen LogP contribution in [0.15, 0.2) is 11.6 Å². The number of ether oxygens (including phenoxy) is 1. The number of hydrogen-bond acceptors (Lipinski definition) is 4. The molecule has 1 aliphatic rings. The van der Waals surface area contributed by atoms with Gasteiger partial charge in [-0.15, -0.1) is 11.3 Å². The van der Waals surface area contributed by atoms with E-state index in [0.717, 1.165) is 24.5 Å². The fourth-order valence-electron chi connectivity index (χ4n) is 2.00. The lowest BCUT2D eigenvalue weighted by atomic mass is 9.84. The van der Waals surface area contributed by atoms with Crippen LogP contribution in [0.2, 0.25) is 0 Å². The van der Waals surface area contributed by atoms with Crippen LogP contribution in [-0.4, -0.2) is 17.7 Å². The Labute approximate surface area is 94.7 Å². The molecule has 15 heavy (non-hydrogen) atoms. The van der Waals surface area contributed by atoms with Gasteiger partial charge in [0.05, 0.1) is 11.6 Å². The van der Waals surface area contributed by atoms with Gasteiger partial charge in [-0.3, -0.25) is 0 Å². The van der Waals surface area contributed by atoms with Gasteiger partial charge in [0, 0.05) is 18.2 Å². The molecule has 0 radical (unpaired) electrons. The molecule has 2 atom stereocenters. The first-order valence-electron chi connectivity index (χ1n) is 5.42. The molecule has 2 unspecified atom stereocenters. The van der Waals surface area contributed by atoms with Crippen molar-refractivity contribution in [2.75, 3.05) is 6.61 Å². The second kappa shape index (κ2) is 4.20. The van der Waals surface area contributed by atoms with E-state index in [-0.39, 0.29) is 11.6 Å². The first kappa shape index (κ1) is 11.0. The van der Waals surface area contributed by atoms with Crippen molar-refractivity contribution in [2.24, 2.45) is 11.7 Å². The van der Waals surface area contributed by atoms with Gasteiger partial charge >= 0.3 is 0 Å². The molecule has 0 bridgehead atoms. The third-order valence-corrected chi connectivity index (χ3v) is 4.04. The van der Waals surface area contributed by atoms with Gasteiger partial charge in [0.15, 0.2) is 0 Å². The SMILES string of the molecule is CC(C)C1CC(N)(c2nccs2)CCO1. The highest BCUT2D eigenvalue weighted by Crippen LogP contribution is 2.35. The molecule has 0 amide bonds. The highest BCUT2D eigenvalue weighted by atomic mass is 32.1. The second-order valence-electron chi connectivity index (χ2n) is 4.60. The summed E-state index contributed by atoms with van der Waals surface area (Å²) in [5, 5.41) is 3.04. The maximum Gasteiger partial charge on any atom is 0.113 e. The van der Waals surface area contributed by atoms with Gasteiger partial charge in [-0.1, -0.05) is 13.8 Å². The summed E-state index contributed by atoms with van der Waals surface area (Å²) in [6.45, 7) is 5.11. The van der Waals surface area contributed by atoms with Crippen molar-refractivity contribution in [2.45, 2.75) is 38.3 Å². The average molecular weight is 226 g/mol. The van der Waals surface area contributed by atoms with Crippen LogP contribution < -0.4 is 5.73 Å². The molecular weight excluding hydrogens is 208 g/mol. The average Bonchev–Trinajstić information content (AvgIpc) is 2.71. The highest BCUT2D eigenvalue weighted by Gasteiger charge is 2.37. The van der Waals surface area contributed by atoms with Gasteiger partial charge in [0.25, 0.3) is 0 Å². The summed E-state index contributed by atoms with van der Waals surface area (Å²) in [5.74, 6) is 0.521. The molecule has 1 aromatic rings. The van der Waals surface area contributed by atoms with E-state index < -0.39 is 0 Å². The molecule has 1 fully saturated rings. The van der Waals surface area contributed by atoms with Crippen LogP contribution >= 0.6 is 11.3 Å². The maximum atomic E-state index is 6.42. The Balaban J connectivity index is 2.15. The van der Waals surface area contributed by atoms with Gasteiger partial charge < -0.3 is 10.5 Å². The summed E-state index contributed by atoms with van der Waals surface area (Å²) >= 11 is 1.65. The zero-order chi connectivity index (χ0) is 10.9. The van der Waals surface area contributed by atoms with Gasteiger partial charge in [-0.2, -0.15) is 0 Å². The maximum absolute atomic E-state index is 6.42. The van der Waals surface area contributed by atoms with Crippen molar-refractivity contribution in [3.63, 3.8) is 0 Å². The minimum Gasteiger partial charge on any atom is -0.378 e. The quantitative estimate of drug-likeness (QED) is 0.840. The van der Waals surface area contributed by atoms with E-state index in [9.17, 15) is 0 Å². The molecule has 1 aromatic heterocycles. The Morgan fingerprint density at radius 2 is 2.47 bits per heavy atom. The fourth-order valence-corrected chi connectivity index (χ4v) is 2.80. The normalized spacial score (nSPS) is 32.1. The summed E-state index contributed by atoms with van der Waals surface area (Å²) < 4.78 is 5.73. The number of nitrogens with zero attached hydrogens (tertiary/aromatic N) is 1. The van der Waals surface area contributed by atoms with Crippen LogP contribution in [0.4, 0.5) is 0 Å². The van der Waals surface area contributed by atoms with E-state index >= 15 is 0 Å². The Hall–Kier alpha value is -0.450. The first-order valence-corrected chi connectivity index (χ1v) is 6.30. The lowest BCUT2D eigenvalue weighted by Gasteiger charge is -2.38. The molecular formula is C11H18N2OS. The number of nitrogens with two attached hydrogens (primary N) is 1. The summed E-state index contributed by atoms with van der Waals surface area (Å²) in [5.41, 5.74) is 6.16. The molecule has 4 heteroatoms. The smallest absolute Gasteiger partial charge is 0.113 e. The van der Waals surface area contributed by atoms with Crippen molar-refractivity contribution in [1.29, 1.82) is 0 Å². The van der Waals surface area contributed by atoms with Crippen LogP contribution in [0.1, 0.15) is 31.7 Å². The predicted molar refractivity (Wildman–Crippen MR) is 61.8 cm³/mol. The zero-order valence-corrected chi connectivity index (χ0v) is 10.1. The van der Waals surface area contributed by atoms with Crippen LogP contribution in [0.25, 0.3) is 0 Å². The Morgan fingerprint density at radius 3 is 3.07 bits per heavy atom. The van der Waals surface area contributed by atoms with E-state index in [2.05, 4.69) is 18.8 Å². The molecule has 2 heterocycles. The van der Waals surface area contributed by atoms with Gasteiger partial charge in [-0.25, -0.2) is 4.98 Å². The molecule has 2 N–H and O–H groups in total. The predicted octanol–water partition coefficient (Wildman–Crippen LogP) is 2.13. The van der Waals surface area contributed by atoms with Crippen molar-refractivity contribution in [3.8, 4) is 0 Å². The Kier molecular flexibility index (Phi) is 3.09. The molecule has 1 aliphatic heterocycles. The van der Waals surface area contributed by atoms with Gasteiger partial charge in [-0.05, 0) is 18.8 Å². The largest absolute Gasteiger partial charge is 0.378 e. The molecule has 3 nitrogen and oxygen atoms in total. The van der Waals surface area contributed by atoms with Crippen LogP contribution in [0.5, 0.6) is 0 Å². The topological polar surface area (TPSA) is 48.1 Å². The van der Waals surface area contributed by atoms with Crippen molar-refractivity contribution in [1.82, 2.24) is 4.98 Å². The minimum absolute atomic E-state index is 0.263. The molecule has 0 spiro atoms. The van der Waals surface area contributed by atoms with E-state index in [1.165, 1.54) is 0 Å². The van der Waals surface area contributed by atoms with E-state index in [1.807, 2.05) is 11.6 Å². The molecule has 0 saturated carbocycles. The fraction of sp³-hybridized carbons (Fsp3) is 0.727. The van der Waals surface area contributed by atoms with E-state index in [1.54, 1.807) is 11.3 Å². The van der Waals surface area contributed by atoms with Crippen LogP contribution in [0.3, 0.4) is 0 Å². The number of aromatic nitrogens is 1. The number of hydrogen-bond donors (Lipinski definition) is 1. The van der Waals surface area contributed by atoms with Crippen molar-refractivity contribution in [3.05, 3.63) is 16.6 Å². The third-order valence-electron chi connectivity index (χ3n) is 3.05. The summed E-state index contributed by atoms with van der Waals surface area (Å²) in [6, 6.07) is 0. The van der Waals surface area contributed by atoms with Crippen molar-refractivity contribution < 1.29 is 4.74 Å². The number of rotatable bonds is 2. The van der Waals surface area contributed by atoms with Gasteiger partial charge in [0.1, 0.15) is 5.01 Å². The lowest BCUT2D eigenvalue weighted by molar-refractivity contribution is -0.0438. The molecule has 0 aromatic carbocycles. The molecule has 1 saturated heterocycles. The standard InChI is InChI=1S/C11H18N2OS/c1-8(2)9-7-11(12,3-5-14-9)10-13-4-6-15-10/h4,6,8-9H,3,5,7,12H2,1-2H3. The van der Waals surface area contributed by atoms with Crippen LogP contribution in [0, 0.1) is 5.92 Å². The summed E-state index contributed by atoms with van der Waals surface area (Å²) in [6.07, 6.45) is 3.86. The Morgan fingerprint density at radius 1 is 1.67 bits per heavy atom. The first-order chi connectivity index (χ1) is 7.12. The third kappa shape index (κ3) is 2.22. The summed E-state index contributed by atoms with van der Waals surface area (Å²) in [4.78, 5) is 4.34. The summed E-state index contributed by atoms with van der Waals surface area (Å²) in [7, 11) is 0. The highest BCUT2D eigenvalue weighted by molar-refractivity contribution is 7.09. The Bertz CT molecular complexity index is 312. The molecule has 0 aliphatic carbocycles. The lowest BCUT2D eigenvalue weighted by Crippen LogP contribution is -2.47. The molecule has 84 valence electrons. The molecule has 2 rings (SSSR count). The number of thiazole rings is 1. The minimum atomic E-state index is -0.263. The monoisotopic (exact) mass is 226 g/mol. The van der Waals surface area contributed by atoms with E-state index in [4.69, 9.17) is 10.5 Å². The van der Waals surface area contributed by atoms with Crippen molar-refractivity contribution >= 4 is 11.3 Å². The van der Waals surface area contributed by atoms with Gasteiger partial charge in [0.2, 0.25) is 0 Å². The van der Waals surface area contributed by atoms with Crippen LogP contribution in [-0.2, 0) is 10.3 Å².